The summed E-state index contributed by atoms with van der Waals surface area (Å²) in [4.78, 5) is 30.3. The number of rotatable bonds is 3. The fourth-order valence-corrected chi connectivity index (χ4v) is 4.39. The molecule has 1 aliphatic rings. The van der Waals surface area contributed by atoms with Crippen LogP contribution in [0.1, 0.15) is 29.4 Å². The van der Waals surface area contributed by atoms with Crippen molar-refractivity contribution < 1.29 is 9.18 Å². The molecule has 4 aromatic rings. The molecule has 1 saturated heterocycles. The molecular formula is C23H22FN5O2. The van der Waals surface area contributed by atoms with Gasteiger partial charge in [-0.2, -0.15) is 5.10 Å². The Kier molecular flexibility index (Phi) is 4.69. The van der Waals surface area contributed by atoms with E-state index in [0.717, 1.165) is 11.0 Å². The lowest BCUT2D eigenvalue weighted by Gasteiger charge is -2.32. The maximum absolute atomic E-state index is 14.1. The Balaban J connectivity index is 1.34. The van der Waals surface area contributed by atoms with Crippen LogP contribution >= 0.6 is 0 Å². The highest BCUT2D eigenvalue weighted by atomic mass is 19.1. The minimum Gasteiger partial charge on any atom is -0.337 e. The van der Waals surface area contributed by atoms with Crippen molar-refractivity contribution in [1.82, 2.24) is 24.2 Å². The van der Waals surface area contributed by atoms with Crippen LogP contribution in [0.4, 0.5) is 4.39 Å². The number of fused-ring (bicyclic) bond motifs is 1. The summed E-state index contributed by atoms with van der Waals surface area (Å²) < 4.78 is 17.4. The highest BCUT2D eigenvalue weighted by molar-refractivity contribution is 5.93. The van der Waals surface area contributed by atoms with Crippen LogP contribution in [0.25, 0.3) is 22.3 Å². The molecule has 0 aliphatic carbocycles. The second kappa shape index (κ2) is 7.54. The number of halogens is 1. The zero-order valence-electron chi connectivity index (χ0n) is 17.1. The second-order valence-electron chi connectivity index (χ2n) is 7.86. The zero-order valence-corrected chi connectivity index (χ0v) is 17.1. The number of nitrogens with one attached hydrogen (secondary N) is 1. The summed E-state index contributed by atoms with van der Waals surface area (Å²) in [6.45, 7) is 1.07. The standard InChI is InChI=1S/C23H22FN5O2/c1-27-21(14-19(26-27)16-6-2-3-7-17(16)24)22(30)28-12-10-15(11-13-28)29-20-9-5-4-8-18(20)25-23(29)31/h2-9,14-15H,10-13H2,1H3,(H,25,31). The first-order chi connectivity index (χ1) is 15.0. The molecule has 0 unspecified atom stereocenters. The molecule has 7 nitrogen and oxygen atoms in total. The van der Waals surface area contributed by atoms with Crippen LogP contribution in [-0.2, 0) is 7.05 Å². The fourth-order valence-electron chi connectivity index (χ4n) is 4.39. The molecule has 0 radical (unpaired) electrons. The van der Waals surface area contributed by atoms with Crippen molar-refractivity contribution in [2.75, 3.05) is 13.1 Å². The first-order valence-corrected chi connectivity index (χ1v) is 10.3. The van der Waals surface area contributed by atoms with E-state index in [1.54, 1.807) is 40.8 Å². The van der Waals surface area contributed by atoms with Gasteiger partial charge in [0.25, 0.3) is 5.91 Å². The van der Waals surface area contributed by atoms with Gasteiger partial charge >= 0.3 is 5.69 Å². The summed E-state index contributed by atoms with van der Waals surface area (Å²) >= 11 is 0. The normalized spacial score (nSPS) is 15.0. The van der Waals surface area contributed by atoms with E-state index < -0.39 is 0 Å². The molecule has 1 fully saturated rings. The summed E-state index contributed by atoms with van der Waals surface area (Å²) in [7, 11) is 1.69. The number of carbonyl (C=O) groups excluding carboxylic acids is 1. The quantitative estimate of drug-likeness (QED) is 0.553. The van der Waals surface area contributed by atoms with E-state index in [4.69, 9.17) is 0 Å². The molecular weight excluding hydrogens is 397 g/mol. The van der Waals surface area contributed by atoms with Gasteiger partial charge in [0, 0.05) is 31.7 Å². The van der Waals surface area contributed by atoms with Crippen molar-refractivity contribution in [1.29, 1.82) is 0 Å². The summed E-state index contributed by atoms with van der Waals surface area (Å²) in [6.07, 6.45) is 1.37. The van der Waals surface area contributed by atoms with E-state index in [9.17, 15) is 14.0 Å². The molecule has 0 saturated carbocycles. The third-order valence-corrected chi connectivity index (χ3v) is 5.99. The third kappa shape index (κ3) is 3.34. The van der Waals surface area contributed by atoms with Crippen molar-refractivity contribution in [2.45, 2.75) is 18.9 Å². The highest BCUT2D eigenvalue weighted by Crippen LogP contribution is 2.27. The number of aromatic nitrogens is 4. The maximum Gasteiger partial charge on any atom is 0.326 e. The molecule has 1 amide bonds. The number of amides is 1. The predicted octanol–water partition coefficient (Wildman–Crippen LogP) is 3.35. The van der Waals surface area contributed by atoms with Crippen molar-refractivity contribution in [2.24, 2.45) is 7.05 Å². The number of nitrogens with zero attached hydrogens (tertiary/aromatic N) is 4. The Morgan fingerprint density at radius 3 is 2.58 bits per heavy atom. The molecule has 0 bridgehead atoms. The van der Waals surface area contributed by atoms with E-state index in [1.165, 1.54) is 10.7 Å². The number of benzene rings is 2. The first-order valence-electron chi connectivity index (χ1n) is 10.3. The fraction of sp³-hybridized carbons (Fsp3) is 0.261. The van der Waals surface area contributed by atoms with E-state index in [1.807, 2.05) is 24.3 Å². The van der Waals surface area contributed by atoms with E-state index in [2.05, 4.69) is 10.1 Å². The number of piperidine rings is 1. The summed E-state index contributed by atoms with van der Waals surface area (Å²) in [5.41, 5.74) is 2.81. The van der Waals surface area contributed by atoms with Gasteiger partial charge in [0.2, 0.25) is 0 Å². The van der Waals surface area contributed by atoms with Crippen LogP contribution < -0.4 is 5.69 Å². The van der Waals surface area contributed by atoms with Crippen LogP contribution in [0.2, 0.25) is 0 Å². The van der Waals surface area contributed by atoms with Crippen LogP contribution in [0, 0.1) is 5.82 Å². The molecule has 0 atom stereocenters. The first kappa shape index (κ1) is 19.3. The van der Waals surface area contributed by atoms with Gasteiger partial charge in [-0.15, -0.1) is 0 Å². The van der Waals surface area contributed by atoms with E-state index in [-0.39, 0.29) is 23.5 Å². The minimum atomic E-state index is -0.371. The summed E-state index contributed by atoms with van der Waals surface area (Å²) in [5, 5.41) is 4.34. The molecule has 5 rings (SSSR count). The number of carbonyl (C=O) groups is 1. The molecule has 158 valence electrons. The predicted molar refractivity (Wildman–Crippen MR) is 115 cm³/mol. The molecule has 2 aromatic heterocycles. The molecule has 1 aliphatic heterocycles. The average molecular weight is 419 g/mol. The van der Waals surface area contributed by atoms with Crippen molar-refractivity contribution in [3.63, 3.8) is 0 Å². The van der Waals surface area contributed by atoms with Crippen molar-refractivity contribution in [3.05, 3.63) is 76.6 Å². The zero-order chi connectivity index (χ0) is 21.5. The lowest BCUT2D eigenvalue weighted by molar-refractivity contribution is 0.0684. The molecule has 3 heterocycles. The SMILES string of the molecule is Cn1nc(-c2ccccc2F)cc1C(=O)N1CCC(n2c(=O)[nH]c3ccccc32)CC1. The number of imidazole rings is 1. The molecule has 0 spiro atoms. The topological polar surface area (TPSA) is 75.9 Å². The van der Waals surface area contributed by atoms with Gasteiger partial charge in [-0.3, -0.25) is 14.0 Å². The third-order valence-electron chi connectivity index (χ3n) is 5.99. The van der Waals surface area contributed by atoms with Crippen LogP contribution in [0.15, 0.2) is 59.4 Å². The summed E-state index contributed by atoms with van der Waals surface area (Å²) in [5.74, 6) is -0.508. The lowest BCUT2D eigenvalue weighted by Crippen LogP contribution is -2.41. The monoisotopic (exact) mass is 419 g/mol. The highest BCUT2D eigenvalue weighted by Gasteiger charge is 2.28. The van der Waals surface area contributed by atoms with Crippen LogP contribution in [0.3, 0.4) is 0 Å². The summed E-state index contributed by atoms with van der Waals surface area (Å²) in [6, 6.07) is 15.7. The number of para-hydroxylation sites is 2. The van der Waals surface area contributed by atoms with Crippen LogP contribution in [0.5, 0.6) is 0 Å². The minimum absolute atomic E-state index is 0.0354. The smallest absolute Gasteiger partial charge is 0.326 e. The second-order valence-corrected chi connectivity index (χ2v) is 7.86. The number of likely N-dealkylation sites (tertiary alicyclic amines) is 1. The van der Waals surface area contributed by atoms with Gasteiger partial charge in [0.15, 0.2) is 0 Å². The average Bonchev–Trinajstić information content (AvgIpc) is 3.32. The molecule has 8 heteroatoms. The van der Waals surface area contributed by atoms with Gasteiger partial charge in [0.05, 0.1) is 16.7 Å². The van der Waals surface area contributed by atoms with Gasteiger partial charge < -0.3 is 9.88 Å². The number of hydrogen-bond donors (Lipinski definition) is 1. The van der Waals surface area contributed by atoms with Gasteiger partial charge in [-0.05, 0) is 43.2 Å². The lowest BCUT2D eigenvalue weighted by atomic mass is 10.0. The Morgan fingerprint density at radius 2 is 1.81 bits per heavy atom. The maximum atomic E-state index is 14.1. The molecule has 1 N–H and O–H groups in total. The Bertz CT molecular complexity index is 1330. The largest absolute Gasteiger partial charge is 0.337 e. The van der Waals surface area contributed by atoms with Gasteiger partial charge in [0.1, 0.15) is 11.5 Å². The molecule has 31 heavy (non-hydrogen) atoms. The number of aromatic amines is 1. The van der Waals surface area contributed by atoms with Gasteiger partial charge in [-0.1, -0.05) is 24.3 Å². The Labute approximate surface area is 177 Å². The number of hydrogen-bond acceptors (Lipinski definition) is 3. The Hall–Kier alpha value is -3.68. The number of H-pyrrole nitrogens is 1. The Morgan fingerprint density at radius 1 is 1.10 bits per heavy atom. The van der Waals surface area contributed by atoms with Crippen LogP contribution in [-0.4, -0.2) is 43.2 Å². The molecule has 2 aromatic carbocycles. The van der Waals surface area contributed by atoms with Crippen molar-refractivity contribution >= 4 is 16.9 Å². The van der Waals surface area contributed by atoms with E-state index >= 15 is 0 Å². The van der Waals surface area contributed by atoms with E-state index in [0.29, 0.717) is 42.9 Å². The van der Waals surface area contributed by atoms with Crippen molar-refractivity contribution in [3.8, 4) is 11.3 Å². The van der Waals surface area contributed by atoms with Gasteiger partial charge in [-0.25, -0.2) is 9.18 Å². The number of aryl methyl sites for hydroxylation is 1.